The lowest BCUT2D eigenvalue weighted by Crippen LogP contribution is -2.28. The predicted octanol–water partition coefficient (Wildman–Crippen LogP) is 0.552. The molecule has 0 unspecified atom stereocenters. The summed E-state index contributed by atoms with van der Waals surface area (Å²) in [6.45, 7) is -0.102. The summed E-state index contributed by atoms with van der Waals surface area (Å²) in [7, 11) is 1.50. The summed E-state index contributed by atoms with van der Waals surface area (Å²) in [5.74, 6) is -0.600. The van der Waals surface area contributed by atoms with E-state index in [1.807, 2.05) is 4.98 Å². The van der Waals surface area contributed by atoms with Crippen LogP contribution in [0.5, 0.6) is 0 Å². The van der Waals surface area contributed by atoms with Gasteiger partial charge in [-0.25, -0.2) is 0 Å². The minimum Gasteiger partial charge on any atom is -0.327 e. The zero-order valence-electron chi connectivity index (χ0n) is 8.81. The van der Waals surface area contributed by atoms with Crippen LogP contribution in [-0.2, 0) is 11.0 Å². The van der Waals surface area contributed by atoms with E-state index in [4.69, 9.17) is 0 Å². The first-order chi connectivity index (χ1) is 7.84. The Morgan fingerprint density at radius 1 is 1.47 bits per heavy atom. The Morgan fingerprint density at radius 2 is 2.12 bits per heavy atom. The highest BCUT2D eigenvalue weighted by Crippen LogP contribution is 2.28. The summed E-state index contributed by atoms with van der Waals surface area (Å²) in [5, 5.41) is 4.58. The second kappa shape index (κ2) is 5.00. The second-order valence-corrected chi connectivity index (χ2v) is 3.21. The summed E-state index contributed by atoms with van der Waals surface area (Å²) in [5.41, 5.74) is -2.25. The number of anilines is 1. The maximum absolute atomic E-state index is 12.3. The molecule has 1 aromatic rings. The fraction of sp³-hybridized carbons (Fsp3) is 0.333. The van der Waals surface area contributed by atoms with Gasteiger partial charge in [0, 0.05) is 6.20 Å². The molecule has 1 aromatic heterocycles. The van der Waals surface area contributed by atoms with Gasteiger partial charge < -0.3 is 15.6 Å². The van der Waals surface area contributed by atoms with Crippen LogP contribution >= 0.6 is 0 Å². The van der Waals surface area contributed by atoms with Gasteiger partial charge >= 0.3 is 6.18 Å². The normalized spacial score (nSPS) is 11.3. The number of alkyl halides is 3. The van der Waals surface area contributed by atoms with Crippen molar-refractivity contribution in [2.45, 2.75) is 6.18 Å². The zero-order valence-corrected chi connectivity index (χ0v) is 8.81. The van der Waals surface area contributed by atoms with Crippen LogP contribution < -0.4 is 16.2 Å². The molecule has 0 bridgehead atoms. The highest BCUT2D eigenvalue weighted by atomic mass is 19.4. The van der Waals surface area contributed by atoms with Gasteiger partial charge in [0.2, 0.25) is 5.91 Å². The minimum absolute atomic E-state index is 0.102. The molecule has 0 aliphatic heterocycles. The summed E-state index contributed by atoms with van der Waals surface area (Å²) < 4.78 is 37.0. The number of halogens is 3. The van der Waals surface area contributed by atoms with E-state index in [2.05, 4.69) is 10.6 Å². The van der Waals surface area contributed by atoms with Gasteiger partial charge in [0.15, 0.2) is 0 Å². The molecule has 0 aromatic carbocycles. The number of aromatic nitrogens is 1. The highest BCUT2D eigenvalue weighted by molar-refractivity contribution is 5.92. The Bertz CT molecular complexity index is 467. The number of hydrogen-bond acceptors (Lipinski definition) is 3. The van der Waals surface area contributed by atoms with Gasteiger partial charge in [-0.1, -0.05) is 0 Å². The molecule has 8 heteroatoms. The Kier molecular flexibility index (Phi) is 3.89. The van der Waals surface area contributed by atoms with Crippen molar-refractivity contribution in [1.82, 2.24) is 10.3 Å². The summed E-state index contributed by atoms with van der Waals surface area (Å²) in [6.07, 6.45) is -4.03. The van der Waals surface area contributed by atoms with E-state index < -0.39 is 28.9 Å². The van der Waals surface area contributed by atoms with E-state index in [1.165, 1.54) is 7.05 Å². The van der Waals surface area contributed by atoms with Gasteiger partial charge in [-0.05, 0) is 13.1 Å². The molecule has 17 heavy (non-hydrogen) atoms. The predicted molar refractivity (Wildman–Crippen MR) is 54.6 cm³/mol. The lowest BCUT2D eigenvalue weighted by molar-refractivity contribution is -0.137. The van der Waals surface area contributed by atoms with Crippen molar-refractivity contribution in [3.63, 3.8) is 0 Å². The van der Waals surface area contributed by atoms with Crippen molar-refractivity contribution < 1.29 is 18.0 Å². The number of rotatable bonds is 3. The van der Waals surface area contributed by atoms with Gasteiger partial charge in [-0.3, -0.25) is 9.59 Å². The van der Waals surface area contributed by atoms with Crippen LogP contribution in [-0.4, -0.2) is 24.5 Å². The Labute approximate surface area is 94.0 Å². The molecule has 0 spiro atoms. The number of H-pyrrole nitrogens is 1. The van der Waals surface area contributed by atoms with Crippen LogP contribution in [0.4, 0.5) is 18.9 Å². The Morgan fingerprint density at radius 3 is 2.65 bits per heavy atom. The van der Waals surface area contributed by atoms with Gasteiger partial charge in [0.05, 0.1) is 12.1 Å². The van der Waals surface area contributed by atoms with Gasteiger partial charge in [0.25, 0.3) is 5.56 Å². The standard InChI is InChI=1S/C9H10F3N3O2/c1-13-4-7(16)15-6-2-5(9(10,11)12)3-14-8(6)17/h2-3,13H,4H2,1H3,(H,14,17)(H,15,16). The van der Waals surface area contributed by atoms with Crippen LogP contribution in [0.25, 0.3) is 0 Å². The van der Waals surface area contributed by atoms with Crippen LogP contribution in [0.2, 0.25) is 0 Å². The number of hydrogen-bond donors (Lipinski definition) is 3. The number of amides is 1. The monoisotopic (exact) mass is 249 g/mol. The molecule has 94 valence electrons. The molecule has 0 saturated heterocycles. The maximum Gasteiger partial charge on any atom is 0.417 e. The summed E-state index contributed by atoms with van der Waals surface area (Å²) in [6, 6.07) is 0.590. The number of likely N-dealkylation sites (N-methyl/N-ethyl adjacent to an activating group) is 1. The largest absolute Gasteiger partial charge is 0.417 e. The van der Waals surface area contributed by atoms with Crippen molar-refractivity contribution in [2.24, 2.45) is 0 Å². The zero-order chi connectivity index (χ0) is 13.1. The van der Waals surface area contributed by atoms with Crippen LogP contribution in [0, 0.1) is 0 Å². The fourth-order valence-corrected chi connectivity index (χ4v) is 1.10. The Hall–Kier alpha value is -1.83. The highest BCUT2D eigenvalue weighted by Gasteiger charge is 2.31. The lowest BCUT2D eigenvalue weighted by Gasteiger charge is -2.08. The molecule has 0 fully saturated rings. The molecule has 0 aliphatic carbocycles. The first-order valence-corrected chi connectivity index (χ1v) is 4.59. The number of carbonyl (C=O) groups is 1. The molecule has 0 aliphatic rings. The fourth-order valence-electron chi connectivity index (χ4n) is 1.10. The molecule has 3 N–H and O–H groups in total. The molecule has 0 radical (unpaired) electrons. The number of aromatic amines is 1. The first kappa shape index (κ1) is 13.2. The van der Waals surface area contributed by atoms with E-state index >= 15 is 0 Å². The van der Waals surface area contributed by atoms with Crippen molar-refractivity contribution in [3.05, 3.63) is 28.2 Å². The quantitative estimate of drug-likeness (QED) is 0.732. The molecular weight excluding hydrogens is 239 g/mol. The molecule has 5 nitrogen and oxygen atoms in total. The Balaban J connectivity index is 2.99. The van der Waals surface area contributed by atoms with Gasteiger partial charge in [-0.2, -0.15) is 13.2 Å². The van der Waals surface area contributed by atoms with E-state index in [-0.39, 0.29) is 6.54 Å². The second-order valence-electron chi connectivity index (χ2n) is 3.21. The minimum atomic E-state index is -4.58. The number of nitrogens with one attached hydrogen (secondary N) is 3. The molecule has 1 rings (SSSR count). The van der Waals surface area contributed by atoms with E-state index in [1.54, 1.807) is 0 Å². The SMILES string of the molecule is CNCC(=O)Nc1cc(C(F)(F)F)c[nH]c1=O. The van der Waals surface area contributed by atoms with E-state index in [9.17, 15) is 22.8 Å². The number of pyridine rings is 1. The van der Waals surface area contributed by atoms with Crippen molar-refractivity contribution in [1.29, 1.82) is 0 Å². The molecule has 0 atom stereocenters. The third kappa shape index (κ3) is 3.59. The topological polar surface area (TPSA) is 74.0 Å². The van der Waals surface area contributed by atoms with Crippen molar-refractivity contribution in [2.75, 3.05) is 18.9 Å². The molecule has 1 amide bonds. The summed E-state index contributed by atoms with van der Waals surface area (Å²) in [4.78, 5) is 24.2. The average Bonchev–Trinajstić information content (AvgIpc) is 2.20. The third-order valence-corrected chi connectivity index (χ3v) is 1.84. The van der Waals surface area contributed by atoms with E-state index in [0.717, 1.165) is 0 Å². The van der Waals surface area contributed by atoms with Crippen molar-refractivity contribution in [3.8, 4) is 0 Å². The van der Waals surface area contributed by atoms with E-state index in [0.29, 0.717) is 12.3 Å². The lowest BCUT2D eigenvalue weighted by atomic mass is 10.2. The number of carbonyl (C=O) groups excluding carboxylic acids is 1. The van der Waals surface area contributed by atoms with Crippen LogP contribution in [0.3, 0.4) is 0 Å². The maximum atomic E-state index is 12.3. The van der Waals surface area contributed by atoms with Crippen LogP contribution in [0.1, 0.15) is 5.56 Å². The molecular formula is C9H10F3N3O2. The van der Waals surface area contributed by atoms with Gasteiger partial charge in [0.1, 0.15) is 5.69 Å². The average molecular weight is 249 g/mol. The summed E-state index contributed by atoms with van der Waals surface area (Å²) >= 11 is 0. The van der Waals surface area contributed by atoms with Crippen molar-refractivity contribution >= 4 is 11.6 Å². The third-order valence-electron chi connectivity index (χ3n) is 1.84. The molecule has 0 saturated carbocycles. The van der Waals surface area contributed by atoms with Gasteiger partial charge in [-0.15, -0.1) is 0 Å². The first-order valence-electron chi connectivity index (χ1n) is 4.59. The van der Waals surface area contributed by atoms with Crippen LogP contribution in [0.15, 0.2) is 17.1 Å². The molecule has 1 heterocycles. The smallest absolute Gasteiger partial charge is 0.327 e.